The van der Waals surface area contributed by atoms with Crippen molar-refractivity contribution < 1.29 is 5.11 Å². The number of unbranched alkanes of at least 4 members (excludes halogenated alkanes) is 11. The lowest BCUT2D eigenvalue weighted by molar-refractivity contribution is 0.157. The van der Waals surface area contributed by atoms with Crippen LogP contribution in [0.5, 0.6) is 0 Å². The van der Waals surface area contributed by atoms with Gasteiger partial charge in [0.05, 0.1) is 6.10 Å². The highest BCUT2D eigenvalue weighted by molar-refractivity contribution is 4.55. The molecule has 22 heavy (non-hydrogen) atoms. The molecule has 0 rings (SSSR count). The van der Waals surface area contributed by atoms with Gasteiger partial charge in [0.15, 0.2) is 0 Å². The molecule has 0 aliphatic carbocycles. The van der Waals surface area contributed by atoms with Gasteiger partial charge in [-0.3, -0.25) is 0 Å². The first-order chi connectivity index (χ1) is 10.8. The summed E-state index contributed by atoms with van der Waals surface area (Å²) in [5.41, 5.74) is 0. The molecule has 0 radical (unpaired) electrons. The number of hydrogen-bond donors (Lipinski definition) is 2. The van der Waals surface area contributed by atoms with E-state index in [1.54, 1.807) is 0 Å². The van der Waals surface area contributed by atoms with E-state index in [1.165, 1.54) is 77.0 Å². The topological polar surface area (TPSA) is 32.3 Å². The average molecular weight is 314 g/mol. The Labute approximate surface area is 140 Å². The summed E-state index contributed by atoms with van der Waals surface area (Å²) in [7, 11) is 0. The summed E-state index contributed by atoms with van der Waals surface area (Å²) in [5.74, 6) is 0. The number of nitrogens with one attached hydrogen (secondary N) is 1. The van der Waals surface area contributed by atoms with Crippen LogP contribution in [-0.2, 0) is 0 Å². The maximum Gasteiger partial charge on any atom is 0.0538 e. The molecule has 0 spiro atoms. The molecule has 0 fully saturated rings. The van der Waals surface area contributed by atoms with Gasteiger partial charge in [0.25, 0.3) is 0 Å². The van der Waals surface area contributed by atoms with Gasteiger partial charge in [-0.2, -0.15) is 0 Å². The van der Waals surface area contributed by atoms with Gasteiger partial charge < -0.3 is 10.4 Å². The summed E-state index contributed by atoms with van der Waals surface area (Å²) >= 11 is 0. The van der Waals surface area contributed by atoms with Gasteiger partial charge in [-0.05, 0) is 38.8 Å². The van der Waals surface area contributed by atoms with Gasteiger partial charge in [0, 0.05) is 0 Å². The van der Waals surface area contributed by atoms with E-state index in [2.05, 4.69) is 12.2 Å². The molecule has 2 heteroatoms. The largest absolute Gasteiger partial charge is 0.393 e. The molecule has 0 saturated heterocycles. The van der Waals surface area contributed by atoms with Crippen molar-refractivity contribution in [2.45, 2.75) is 116 Å². The molecule has 2 nitrogen and oxygen atoms in total. The maximum absolute atomic E-state index is 9.45. The minimum Gasteiger partial charge on any atom is -0.393 e. The second kappa shape index (κ2) is 19.0. The monoisotopic (exact) mass is 313 g/mol. The molecule has 0 aliphatic rings. The van der Waals surface area contributed by atoms with E-state index in [0.29, 0.717) is 0 Å². The van der Waals surface area contributed by atoms with Gasteiger partial charge >= 0.3 is 0 Å². The molecule has 1 atom stereocenters. The fraction of sp³-hybridized carbons (Fsp3) is 1.00. The molecule has 1 unspecified atom stereocenters. The highest BCUT2D eigenvalue weighted by atomic mass is 16.3. The Bertz CT molecular complexity index is 196. The Morgan fingerprint density at radius 2 is 1.09 bits per heavy atom. The van der Waals surface area contributed by atoms with Gasteiger partial charge in [0.1, 0.15) is 0 Å². The van der Waals surface area contributed by atoms with E-state index in [9.17, 15) is 5.11 Å². The minimum atomic E-state index is -0.0894. The SMILES string of the molecule is CCCCCCCCCCCCCCNCCCC(O)CC. The standard InChI is InChI=1S/C20H43NO/c1-3-5-6-7-8-9-10-11-12-13-14-15-18-21-19-16-17-20(22)4-2/h20-22H,3-19H2,1-2H3. The summed E-state index contributed by atoms with van der Waals surface area (Å²) in [5, 5.41) is 12.9. The van der Waals surface area contributed by atoms with Crippen LogP contribution in [0.25, 0.3) is 0 Å². The summed E-state index contributed by atoms with van der Waals surface area (Å²) in [6, 6.07) is 0. The van der Waals surface area contributed by atoms with Gasteiger partial charge in [0.2, 0.25) is 0 Å². The zero-order valence-electron chi connectivity index (χ0n) is 15.5. The molecule has 2 N–H and O–H groups in total. The van der Waals surface area contributed by atoms with E-state index in [4.69, 9.17) is 0 Å². The lowest BCUT2D eigenvalue weighted by atomic mass is 10.1. The van der Waals surface area contributed by atoms with Gasteiger partial charge in [-0.1, -0.05) is 84.5 Å². The van der Waals surface area contributed by atoms with Crippen LogP contribution in [0, 0.1) is 0 Å². The predicted molar refractivity (Wildman–Crippen MR) is 99.5 cm³/mol. The smallest absolute Gasteiger partial charge is 0.0538 e. The van der Waals surface area contributed by atoms with Crippen molar-refractivity contribution in [2.75, 3.05) is 13.1 Å². The molecular formula is C20H43NO. The van der Waals surface area contributed by atoms with Crippen molar-refractivity contribution in [3.05, 3.63) is 0 Å². The fourth-order valence-electron chi connectivity index (χ4n) is 2.88. The first kappa shape index (κ1) is 21.9. The Hall–Kier alpha value is -0.0800. The van der Waals surface area contributed by atoms with Crippen molar-refractivity contribution in [3.63, 3.8) is 0 Å². The van der Waals surface area contributed by atoms with Crippen LogP contribution in [0.4, 0.5) is 0 Å². The average Bonchev–Trinajstić information content (AvgIpc) is 2.54. The third-order valence-electron chi connectivity index (χ3n) is 4.57. The highest BCUT2D eigenvalue weighted by Crippen LogP contribution is 2.11. The molecule has 0 amide bonds. The van der Waals surface area contributed by atoms with E-state index < -0.39 is 0 Å². The second-order valence-electron chi connectivity index (χ2n) is 6.84. The second-order valence-corrected chi connectivity index (χ2v) is 6.84. The number of hydrogen-bond acceptors (Lipinski definition) is 2. The summed E-state index contributed by atoms with van der Waals surface area (Å²) in [6.07, 6.45) is 19.9. The van der Waals surface area contributed by atoms with Crippen LogP contribution in [-0.4, -0.2) is 24.3 Å². The zero-order valence-corrected chi connectivity index (χ0v) is 15.5. The zero-order chi connectivity index (χ0) is 16.3. The Balaban J connectivity index is 2.97. The van der Waals surface area contributed by atoms with E-state index in [0.717, 1.165) is 32.4 Å². The summed E-state index contributed by atoms with van der Waals surface area (Å²) < 4.78 is 0. The quantitative estimate of drug-likeness (QED) is 0.312. The fourth-order valence-corrected chi connectivity index (χ4v) is 2.88. The van der Waals surface area contributed by atoms with Crippen LogP contribution in [0.1, 0.15) is 110 Å². The van der Waals surface area contributed by atoms with Crippen molar-refractivity contribution in [1.82, 2.24) is 5.32 Å². The van der Waals surface area contributed by atoms with Crippen molar-refractivity contribution in [1.29, 1.82) is 0 Å². The van der Waals surface area contributed by atoms with Crippen LogP contribution < -0.4 is 5.32 Å². The minimum absolute atomic E-state index is 0.0894. The lowest BCUT2D eigenvalue weighted by Gasteiger charge is -2.08. The van der Waals surface area contributed by atoms with Crippen molar-refractivity contribution in [2.24, 2.45) is 0 Å². The normalized spacial score (nSPS) is 12.7. The van der Waals surface area contributed by atoms with Crippen LogP contribution in [0.3, 0.4) is 0 Å². The van der Waals surface area contributed by atoms with Crippen LogP contribution >= 0.6 is 0 Å². The summed E-state index contributed by atoms with van der Waals surface area (Å²) in [6.45, 7) is 6.55. The Morgan fingerprint density at radius 1 is 0.636 bits per heavy atom. The third-order valence-corrected chi connectivity index (χ3v) is 4.57. The van der Waals surface area contributed by atoms with Crippen molar-refractivity contribution >= 4 is 0 Å². The molecule has 0 aromatic heterocycles. The molecule has 134 valence electrons. The van der Waals surface area contributed by atoms with Crippen LogP contribution in [0.15, 0.2) is 0 Å². The first-order valence-corrected chi connectivity index (χ1v) is 10.2. The predicted octanol–water partition coefficient (Wildman–Crippen LogP) is 5.83. The van der Waals surface area contributed by atoms with Crippen molar-refractivity contribution in [3.8, 4) is 0 Å². The van der Waals surface area contributed by atoms with E-state index in [-0.39, 0.29) is 6.10 Å². The molecule has 0 bridgehead atoms. The van der Waals surface area contributed by atoms with Gasteiger partial charge in [-0.25, -0.2) is 0 Å². The van der Waals surface area contributed by atoms with E-state index in [1.807, 2.05) is 6.92 Å². The summed E-state index contributed by atoms with van der Waals surface area (Å²) in [4.78, 5) is 0. The number of rotatable bonds is 18. The maximum atomic E-state index is 9.45. The molecule has 0 aromatic carbocycles. The molecule has 0 aromatic rings. The highest BCUT2D eigenvalue weighted by Gasteiger charge is 1.99. The van der Waals surface area contributed by atoms with Crippen LogP contribution in [0.2, 0.25) is 0 Å². The number of aliphatic hydroxyl groups excluding tert-OH is 1. The van der Waals surface area contributed by atoms with E-state index >= 15 is 0 Å². The molecular weight excluding hydrogens is 270 g/mol. The van der Waals surface area contributed by atoms with Gasteiger partial charge in [-0.15, -0.1) is 0 Å². The lowest BCUT2D eigenvalue weighted by Crippen LogP contribution is -2.18. The molecule has 0 saturated carbocycles. The third kappa shape index (κ3) is 18.0. The molecule has 0 aliphatic heterocycles. The molecule has 0 heterocycles. The first-order valence-electron chi connectivity index (χ1n) is 10.2. The number of aliphatic hydroxyl groups is 1. The Morgan fingerprint density at radius 3 is 1.59 bits per heavy atom. The Kier molecular flexibility index (Phi) is 18.9.